The lowest BCUT2D eigenvalue weighted by Crippen LogP contribution is -2.37. The zero-order valence-corrected chi connectivity index (χ0v) is 10.6. The highest BCUT2D eigenvalue weighted by molar-refractivity contribution is 6.90. The van der Waals surface area contributed by atoms with Gasteiger partial charge in [-0.05, 0) is 23.4 Å². The molecule has 1 aromatic heterocycles. The summed E-state index contributed by atoms with van der Waals surface area (Å²) in [6.45, 7) is 6.85. The first-order chi connectivity index (χ1) is 6.89. The van der Waals surface area contributed by atoms with Gasteiger partial charge in [-0.2, -0.15) is 0 Å². The third-order valence-electron chi connectivity index (χ3n) is 2.76. The highest BCUT2D eigenvalue weighted by atomic mass is 28.3. The van der Waals surface area contributed by atoms with Gasteiger partial charge in [-0.3, -0.25) is 0 Å². The van der Waals surface area contributed by atoms with Crippen LogP contribution in [-0.4, -0.2) is 12.6 Å². The molecule has 1 aromatic carbocycles. The number of hydrogen-bond donors (Lipinski definition) is 0. The summed E-state index contributed by atoms with van der Waals surface area (Å²) in [5.41, 5.74) is 1.12. The van der Waals surface area contributed by atoms with E-state index in [1.54, 1.807) is 6.07 Å². The molecule has 2 rings (SSSR count). The SMILES string of the molecule is Cn1cc([Si](C)(C)C)c2cc(F)ccc21. The van der Waals surface area contributed by atoms with Crippen LogP contribution in [0.5, 0.6) is 0 Å². The molecule has 0 aliphatic heterocycles. The maximum Gasteiger partial charge on any atom is 0.123 e. The Labute approximate surface area is 90.5 Å². The molecule has 2 aromatic rings. The van der Waals surface area contributed by atoms with E-state index in [1.807, 2.05) is 13.1 Å². The molecule has 0 aliphatic rings. The largest absolute Gasteiger partial charge is 0.351 e. The molecule has 3 heteroatoms. The van der Waals surface area contributed by atoms with Crippen LogP contribution < -0.4 is 5.19 Å². The van der Waals surface area contributed by atoms with Crippen LogP contribution in [-0.2, 0) is 7.05 Å². The van der Waals surface area contributed by atoms with Crippen molar-refractivity contribution in [2.24, 2.45) is 7.05 Å². The smallest absolute Gasteiger partial charge is 0.123 e. The van der Waals surface area contributed by atoms with Crippen molar-refractivity contribution in [1.82, 2.24) is 4.57 Å². The normalized spacial score (nSPS) is 12.3. The number of aryl methyl sites for hydroxylation is 1. The van der Waals surface area contributed by atoms with Gasteiger partial charge < -0.3 is 4.57 Å². The molecule has 0 aliphatic carbocycles. The summed E-state index contributed by atoms with van der Waals surface area (Å²) in [5.74, 6) is -0.145. The topological polar surface area (TPSA) is 4.93 Å². The molecule has 1 heterocycles. The van der Waals surface area contributed by atoms with E-state index in [-0.39, 0.29) is 5.82 Å². The lowest BCUT2D eigenvalue weighted by molar-refractivity contribution is 0.629. The third kappa shape index (κ3) is 1.72. The Morgan fingerprint density at radius 3 is 2.47 bits per heavy atom. The van der Waals surface area contributed by atoms with Crippen LogP contribution in [0.4, 0.5) is 4.39 Å². The van der Waals surface area contributed by atoms with Crippen LogP contribution in [0.25, 0.3) is 10.9 Å². The van der Waals surface area contributed by atoms with Crippen LogP contribution in [0.2, 0.25) is 19.6 Å². The fraction of sp³-hybridized carbons (Fsp3) is 0.333. The van der Waals surface area contributed by atoms with Crippen LogP contribution in [0, 0.1) is 5.82 Å². The van der Waals surface area contributed by atoms with E-state index in [1.165, 1.54) is 11.3 Å². The molecule has 0 spiro atoms. The van der Waals surface area contributed by atoms with Crippen LogP contribution in [0.3, 0.4) is 0 Å². The van der Waals surface area contributed by atoms with Crippen molar-refractivity contribution in [3.8, 4) is 0 Å². The highest BCUT2D eigenvalue weighted by Gasteiger charge is 2.21. The van der Waals surface area contributed by atoms with Gasteiger partial charge in [0.2, 0.25) is 0 Å². The van der Waals surface area contributed by atoms with Crippen molar-refractivity contribution in [2.75, 3.05) is 0 Å². The van der Waals surface area contributed by atoms with E-state index in [0.29, 0.717) is 0 Å². The predicted octanol–water partition coefficient (Wildman–Crippen LogP) is 2.86. The molecule has 0 saturated carbocycles. The van der Waals surface area contributed by atoms with Gasteiger partial charge >= 0.3 is 0 Å². The molecule has 0 bridgehead atoms. The van der Waals surface area contributed by atoms with Crippen molar-refractivity contribution in [3.63, 3.8) is 0 Å². The van der Waals surface area contributed by atoms with E-state index in [0.717, 1.165) is 10.9 Å². The van der Waals surface area contributed by atoms with Crippen molar-refractivity contribution < 1.29 is 4.39 Å². The van der Waals surface area contributed by atoms with Gasteiger partial charge in [0.15, 0.2) is 0 Å². The van der Waals surface area contributed by atoms with Crippen LogP contribution in [0.1, 0.15) is 0 Å². The molecule has 0 amide bonds. The Balaban J connectivity index is 2.81. The zero-order chi connectivity index (χ0) is 11.2. The first-order valence-electron chi connectivity index (χ1n) is 5.14. The molecule has 1 nitrogen and oxygen atoms in total. The van der Waals surface area contributed by atoms with Gasteiger partial charge in [-0.25, -0.2) is 4.39 Å². The van der Waals surface area contributed by atoms with E-state index in [9.17, 15) is 4.39 Å². The number of fused-ring (bicyclic) bond motifs is 1. The van der Waals surface area contributed by atoms with E-state index in [4.69, 9.17) is 0 Å². The number of rotatable bonds is 1. The molecular formula is C12H16FNSi. The summed E-state index contributed by atoms with van der Waals surface area (Å²) in [7, 11) is 0.630. The Bertz CT molecular complexity index is 508. The molecule has 0 atom stereocenters. The second-order valence-corrected chi connectivity index (χ2v) is 10.1. The summed E-state index contributed by atoms with van der Waals surface area (Å²) < 4.78 is 15.3. The molecule has 0 radical (unpaired) electrons. The van der Waals surface area contributed by atoms with Crippen LogP contribution >= 0.6 is 0 Å². The average molecular weight is 221 g/mol. The molecule has 15 heavy (non-hydrogen) atoms. The first-order valence-corrected chi connectivity index (χ1v) is 8.64. The second kappa shape index (κ2) is 3.20. The standard InChI is InChI=1S/C12H16FNSi/c1-14-8-12(15(2,3)4)10-7-9(13)5-6-11(10)14/h5-8H,1-4H3. The molecule has 0 saturated heterocycles. The van der Waals surface area contributed by atoms with Gasteiger partial charge in [0.25, 0.3) is 0 Å². The van der Waals surface area contributed by atoms with Gasteiger partial charge in [-0.15, -0.1) is 0 Å². The minimum absolute atomic E-state index is 0.145. The van der Waals surface area contributed by atoms with Crippen molar-refractivity contribution in [1.29, 1.82) is 0 Å². The lowest BCUT2D eigenvalue weighted by Gasteiger charge is -2.14. The summed E-state index contributed by atoms with van der Waals surface area (Å²) in [6, 6.07) is 5.04. The lowest BCUT2D eigenvalue weighted by atomic mass is 10.2. The third-order valence-corrected chi connectivity index (χ3v) is 4.77. The predicted molar refractivity (Wildman–Crippen MR) is 65.9 cm³/mol. The summed E-state index contributed by atoms with van der Waals surface area (Å²) in [5, 5.41) is 2.41. The number of halogens is 1. The Hall–Kier alpha value is -1.09. The summed E-state index contributed by atoms with van der Waals surface area (Å²) in [4.78, 5) is 0. The fourth-order valence-electron chi connectivity index (χ4n) is 1.96. The summed E-state index contributed by atoms with van der Waals surface area (Å²) >= 11 is 0. The number of benzene rings is 1. The number of hydrogen-bond acceptors (Lipinski definition) is 0. The van der Waals surface area contributed by atoms with Crippen molar-refractivity contribution in [2.45, 2.75) is 19.6 Å². The van der Waals surface area contributed by atoms with Gasteiger partial charge in [0.05, 0.1) is 8.07 Å². The van der Waals surface area contributed by atoms with E-state index in [2.05, 4.69) is 30.4 Å². The monoisotopic (exact) mass is 221 g/mol. The highest BCUT2D eigenvalue weighted by Crippen LogP contribution is 2.18. The van der Waals surface area contributed by atoms with E-state index >= 15 is 0 Å². The molecule has 0 N–H and O–H groups in total. The van der Waals surface area contributed by atoms with Crippen molar-refractivity contribution in [3.05, 3.63) is 30.2 Å². The first kappa shape index (κ1) is 10.4. The number of aromatic nitrogens is 1. The summed E-state index contributed by atoms with van der Waals surface area (Å²) in [6.07, 6.45) is 2.15. The number of nitrogens with zero attached hydrogens (tertiary/aromatic N) is 1. The van der Waals surface area contributed by atoms with Gasteiger partial charge in [0, 0.05) is 24.1 Å². The van der Waals surface area contributed by atoms with Crippen molar-refractivity contribution >= 4 is 24.2 Å². The molecule has 80 valence electrons. The maximum atomic E-state index is 13.2. The average Bonchev–Trinajstić information content (AvgIpc) is 2.42. The van der Waals surface area contributed by atoms with E-state index < -0.39 is 8.07 Å². The second-order valence-electron chi connectivity index (χ2n) is 5.07. The molecule has 0 fully saturated rings. The zero-order valence-electron chi connectivity index (χ0n) is 9.63. The quantitative estimate of drug-likeness (QED) is 0.653. The Kier molecular flexibility index (Phi) is 2.23. The molecular weight excluding hydrogens is 205 g/mol. The Morgan fingerprint density at radius 1 is 1.20 bits per heavy atom. The molecule has 0 unspecified atom stereocenters. The van der Waals surface area contributed by atoms with Crippen LogP contribution in [0.15, 0.2) is 24.4 Å². The minimum Gasteiger partial charge on any atom is -0.351 e. The van der Waals surface area contributed by atoms with Gasteiger partial charge in [0.1, 0.15) is 5.82 Å². The maximum absolute atomic E-state index is 13.2. The minimum atomic E-state index is -1.39. The fourth-order valence-corrected chi connectivity index (χ4v) is 3.55. The Morgan fingerprint density at radius 2 is 1.87 bits per heavy atom. The van der Waals surface area contributed by atoms with Gasteiger partial charge in [-0.1, -0.05) is 19.6 Å².